The Morgan fingerprint density at radius 3 is 2.61 bits per heavy atom. The van der Waals surface area contributed by atoms with Crippen molar-refractivity contribution >= 4 is 44.9 Å². The number of benzene rings is 2. The molecule has 0 fully saturated rings. The Labute approximate surface area is 198 Å². The number of hydrogen-bond donors (Lipinski definition) is 2. The van der Waals surface area contributed by atoms with Crippen LogP contribution in [0.2, 0.25) is 0 Å². The maximum atomic E-state index is 12.9. The lowest BCUT2D eigenvalue weighted by atomic mass is 10.2. The number of para-hydroxylation sites is 2. The second-order valence-corrected chi connectivity index (χ2v) is 8.52. The van der Waals surface area contributed by atoms with Gasteiger partial charge in [0.25, 0.3) is 5.91 Å². The van der Waals surface area contributed by atoms with E-state index in [0.717, 1.165) is 29.3 Å². The summed E-state index contributed by atoms with van der Waals surface area (Å²) in [6.45, 7) is 8.86. The van der Waals surface area contributed by atoms with E-state index in [-0.39, 0.29) is 11.0 Å². The van der Waals surface area contributed by atoms with Crippen LogP contribution >= 0.6 is 28.1 Å². The maximum Gasteiger partial charge on any atom is 0.261 e. The first-order valence-electron chi connectivity index (χ1n) is 10.3. The summed E-state index contributed by atoms with van der Waals surface area (Å²) in [4.78, 5) is 12.9. The lowest BCUT2D eigenvalue weighted by Gasteiger charge is -2.15. The quantitative estimate of drug-likeness (QED) is 0.208. The summed E-state index contributed by atoms with van der Waals surface area (Å²) in [7, 11) is 0. The molecule has 1 amide bonds. The lowest BCUT2D eigenvalue weighted by Crippen LogP contribution is -2.34. The largest absolute Gasteiger partial charge is 0.493 e. The molecule has 0 saturated carbocycles. The molecule has 2 aromatic carbocycles. The number of unbranched alkanes of at least 4 members (excludes halogenated alkanes) is 3. The number of hydrogen-bond acceptors (Lipinski definition) is 4. The van der Waals surface area contributed by atoms with Gasteiger partial charge in [0.05, 0.1) is 17.9 Å². The van der Waals surface area contributed by atoms with E-state index < -0.39 is 0 Å². The third-order valence-corrected chi connectivity index (χ3v) is 4.98. The molecule has 2 N–H and O–H groups in total. The van der Waals surface area contributed by atoms with Crippen LogP contribution in [-0.2, 0) is 0 Å². The fourth-order valence-electron chi connectivity index (χ4n) is 2.74. The fraction of sp³-hybridized carbons (Fsp3) is 0.333. The average molecular weight is 505 g/mol. The van der Waals surface area contributed by atoms with Crippen LogP contribution in [0.25, 0.3) is 0 Å². The molecule has 0 bridgehead atoms. The van der Waals surface area contributed by atoms with Crippen molar-refractivity contribution in [2.75, 3.05) is 18.5 Å². The van der Waals surface area contributed by atoms with Crippen LogP contribution in [0.5, 0.6) is 11.5 Å². The first-order chi connectivity index (χ1) is 14.9. The zero-order valence-electron chi connectivity index (χ0n) is 18.0. The first kappa shape index (κ1) is 24.9. The molecule has 0 aliphatic rings. The Morgan fingerprint density at radius 2 is 1.87 bits per heavy atom. The molecule has 166 valence electrons. The predicted molar refractivity (Wildman–Crippen MR) is 134 cm³/mol. The normalized spacial score (nSPS) is 10.3. The molecule has 0 unspecified atom stereocenters. The highest BCUT2D eigenvalue weighted by atomic mass is 79.9. The third kappa shape index (κ3) is 8.71. The van der Waals surface area contributed by atoms with Crippen molar-refractivity contribution < 1.29 is 14.3 Å². The minimum atomic E-state index is -0.345. The molecule has 2 rings (SSSR count). The molecule has 0 spiro atoms. The van der Waals surface area contributed by atoms with Gasteiger partial charge in [0.2, 0.25) is 0 Å². The van der Waals surface area contributed by atoms with Gasteiger partial charge in [0.15, 0.2) is 5.11 Å². The Morgan fingerprint density at radius 1 is 1.10 bits per heavy atom. The number of thiocarbonyl (C=S) groups is 1. The molecule has 0 atom stereocenters. The van der Waals surface area contributed by atoms with E-state index in [0.29, 0.717) is 36.0 Å². The van der Waals surface area contributed by atoms with Gasteiger partial charge in [0.1, 0.15) is 18.1 Å². The molecule has 0 aliphatic carbocycles. The number of nitrogens with one attached hydrogen (secondary N) is 2. The van der Waals surface area contributed by atoms with Gasteiger partial charge >= 0.3 is 0 Å². The molecule has 0 heterocycles. The fourth-order valence-corrected chi connectivity index (χ4v) is 3.30. The highest BCUT2D eigenvalue weighted by Gasteiger charge is 2.16. The zero-order chi connectivity index (χ0) is 22.6. The minimum absolute atomic E-state index is 0.172. The van der Waals surface area contributed by atoms with Crippen LogP contribution in [0.4, 0.5) is 5.69 Å². The van der Waals surface area contributed by atoms with E-state index in [2.05, 4.69) is 40.1 Å². The predicted octanol–water partition coefficient (Wildman–Crippen LogP) is 6.49. The van der Waals surface area contributed by atoms with Crippen molar-refractivity contribution in [1.82, 2.24) is 5.32 Å². The molecule has 0 aliphatic heterocycles. The van der Waals surface area contributed by atoms with Crippen molar-refractivity contribution in [2.45, 2.75) is 39.5 Å². The summed E-state index contributed by atoms with van der Waals surface area (Å²) < 4.78 is 12.4. The van der Waals surface area contributed by atoms with Crippen LogP contribution in [0, 0.1) is 0 Å². The van der Waals surface area contributed by atoms with E-state index in [9.17, 15) is 4.79 Å². The summed E-state index contributed by atoms with van der Waals surface area (Å²) in [5.74, 6) is 0.813. The molecule has 0 saturated heterocycles. The molecule has 0 radical (unpaired) electrons. The summed E-state index contributed by atoms with van der Waals surface area (Å²) >= 11 is 8.77. The van der Waals surface area contributed by atoms with Crippen molar-refractivity contribution in [2.24, 2.45) is 0 Å². The number of carbonyl (C=O) groups is 1. The Hall–Kier alpha value is -2.38. The Bertz CT molecular complexity index is 917. The Kier molecular flexibility index (Phi) is 10.5. The van der Waals surface area contributed by atoms with Crippen LogP contribution in [-0.4, -0.2) is 24.2 Å². The number of carbonyl (C=O) groups excluding carboxylic acids is 1. The van der Waals surface area contributed by atoms with Gasteiger partial charge in [-0.3, -0.25) is 10.1 Å². The topological polar surface area (TPSA) is 59.6 Å². The van der Waals surface area contributed by atoms with Crippen molar-refractivity contribution in [3.63, 3.8) is 0 Å². The number of halogens is 1. The third-order valence-electron chi connectivity index (χ3n) is 4.28. The van der Waals surface area contributed by atoms with Gasteiger partial charge in [-0.25, -0.2) is 0 Å². The van der Waals surface area contributed by atoms with Crippen LogP contribution < -0.4 is 20.1 Å². The monoisotopic (exact) mass is 504 g/mol. The zero-order valence-corrected chi connectivity index (χ0v) is 20.4. The van der Waals surface area contributed by atoms with Crippen LogP contribution in [0.1, 0.15) is 49.9 Å². The maximum absolute atomic E-state index is 12.9. The second kappa shape index (κ2) is 13.1. The van der Waals surface area contributed by atoms with E-state index in [4.69, 9.17) is 21.7 Å². The number of rotatable bonds is 11. The summed E-state index contributed by atoms with van der Waals surface area (Å²) in [5.41, 5.74) is 1.99. The van der Waals surface area contributed by atoms with E-state index in [1.54, 1.807) is 12.1 Å². The molecule has 2 aromatic rings. The number of ether oxygens (including phenoxy) is 2. The van der Waals surface area contributed by atoms with Crippen LogP contribution in [0.15, 0.2) is 59.1 Å². The molecule has 31 heavy (non-hydrogen) atoms. The van der Waals surface area contributed by atoms with E-state index in [1.165, 1.54) is 6.42 Å². The van der Waals surface area contributed by atoms with Gasteiger partial charge < -0.3 is 14.8 Å². The van der Waals surface area contributed by atoms with Crippen LogP contribution in [0.3, 0.4) is 0 Å². The highest BCUT2D eigenvalue weighted by Crippen LogP contribution is 2.25. The number of anilines is 1. The average Bonchev–Trinajstić information content (AvgIpc) is 2.73. The number of amides is 1. The minimum Gasteiger partial charge on any atom is -0.493 e. The standard InChI is InChI=1S/C24H29BrN2O3S/c1-4-5-6-9-14-29-21-13-12-18(25)15-19(21)23(28)27-24(31)26-20-10-7-8-11-22(20)30-16-17(2)3/h7-8,10-13,15H,2,4-6,9,14,16H2,1,3H3,(H2,26,27,28,31). The summed E-state index contributed by atoms with van der Waals surface area (Å²) in [6.07, 6.45) is 4.40. The second-order valence-electron chi connectivity index (χ2n) is 7.20. The van der Waals surface area contributed by atoms with Gasteiger partial charge in [0, 0.05) is 4.47 Å². The summed E-state index contributed by atoms with van der Waals surface area (Å²) in [5, 5.41) is 5.92. The molecule has 0 aromatic heterocycles. The Balaban J connectivity index is 2.02. The lowest BCUT2D eigenvalue weighted by molar-refractivity contribution is 0.0973. The van der Waals surface area contributed by atoms with Gasteiger partial charge in [-0.15, -0.1) is 0 Å². The van der Waals surface area contributed by atoms with Gasteiger partial charge in [-0.05, 0) is 61.5 Å². The first-order valence-corrected chi connectivity index (χ1v) is 11.5. The van der Waals surface area contributed by atoms with Crippen molar-refractivity contribution in [1.29, 1.82) is 0 Å². The summed E-state index contributed by atoms with van der Waals surface area (Å²) in [6, 6.07) is 12.7. The van der Waals surface area contributed by atoms with E-state index in [1.807, 2.05) is 37.3 Å². The smallest absolute Gasteiger partial charge is 0.261 e. The van der Waals surface area contributed by atoms with E-state index >= 15 is 0 Å². The van der Waals surface area contributed by atoms with Gasteiger partial charge in [-0.1, -0.05) is 60.8 Å². The molecule has 5 nitrogen and oxygen atoms in total. The van der Waals surface area contributed by atoms with Gasteiger partial charge in [-0.2, -0.15) is 0 Å². The molecule has 7 heteroatoms. The highest BCUT2D eigenvalue weighted by molar-refractivity contribution is 9.10. The molecular weight excluding hydrogens is 476 g/mol. The van der Waals surface area contributed by atoms with Crippen molar-refractivity contribution in [3.05, 3.63) is 64.7 Å². The SMILES string of the molecule is C=C(C)COc1ccccc1NC(=S)NC(=O)c1cc(Br)ccc1OCCCCCC. The van der Waals surface area contributed by atoms with Crippen molar-refractivity contribution in [3.8, 4) is 11.5 Å². The molecular formula is C24H29BrN2O3S.